The normalized spacial score (nSPS) is 31.5. The van der Waals surface area contributed by atoms with Crippen molar-refractivity contribution in [2.45, 2.75) is 52.1 Å². The van der Waals surface area contributed by atoms with Crippen LogP contribution >= 0.6 is 0 Å². The van der Waals surface area contributed by atoms with E-state index in [1.165, 1.54) is 0 Å². The molecule has 0 saturated heterocycles. The minimum absolute atomic E-state index is 0.00308. The zero-order chi connectivity index (χ0) is 10.3. The third kappa shape index (κ3) is 1.46. The summed E-state index contributed by atoms with van der Waals surface area (Å²) in [7, 11) is 0. The molecule has 76 valence electrons. The first-order chi connectivity index (χ1) is 5.82. The molecule has 1 amide bonds. The standard InChI is InChI=1S/C10H20N2O/c1-7(2)12-10(8(11)13)6-5-9(10,3)4/h7,12H,5-6H2,1-4H3,(H2,11,13). The summed E-state index contributed by atoms with van der Waals surface area (Å²) in [6.45, 7) is 8.27. The molecule has 0 aromatic carbocycles. The molecule has 1 fully saturated rings. The topological polar surface area (TPSA) is 55.1 Å². The van der Waals surface area contributed by atoms with Crippen molar-refractivity contribution in [2.24, 2.45) is 11.1 Å². The molecule has 1 unspecified atom stereocenters. The maximum absolute atomic E-state index is 11.4. The number of nitrogens with one attached hydrogen (secondary N) is 1. The van der Waals surface area contributed by atoms with Gasteiger partial charge >= 0.3 is 0 Å². The van der Waals surface area contributed by atoms with Gasteiger partial charge in [0.05, 0.1) is 0 Å². The minimum Gasteiger partial charge on any atom is -0.368 e. The van der Waals surface area contributed by atoms with Crippen LogP contribution in [-0.4, -0.2) is 17.5 Å². The van der Waals surface area contributed by atoms with Gasteiger partial charge in [0, 0.05) is 6.04 Å². The SMILES string of the molecule is CC(C)NC1(C(N)=O)CCC1(C)C. The number of carbonyl (C=O) groups is 1. The van der Waals surface area contributed by atoms with E-state index in [2.05, 4.69) is 19.2 Å². The zero-order valence-electron chi connectivity index (χ0n) is 8.98. The fourth-order valence-electron chi connectivity index (χ4n) is 2.16. The summed E-state index contributed by atoms with van der Waals surface area (Å²) >= 11 is 0. The lowest BCUT2D eigenvalue weighted by molar-refractivity contribution is -0.138. The monoisotopic (exact) mass is 184 g/mol. The maximum atomic E-state index is 11.4. The van der Waals surface area contributed by atoms with E-state index in [0.717, 1.165) is 12.8 Å². The molecule has 1 saturated carbocycles. The highest BCUT2D eigenvalue weighted by molar-refractivity contribution is 5.87. The molecular formula is C10H20N2O. The quantitative estimate of drug-likeness (QED) is 0.688. The van der Waals surface area contributed by atoms with Crippen LogP contribution in [-0.2, 0) is 4.79 Å². The highest BCUT2D eigenvalue weighted by Gasteiger charge is 2.57. The van der Waals surface area contributed by atoms with Gasteiger partial charge < -0.3 is 11.1 Å². The second kappa shape index (κ2) is 2.98. The zero-order valence-corrected chi connectivity index (χ0v) is 8.98. The van der Waals surface area contributed by atoms with Crippen LogP contribution in [0.3, 0.4) is 0 Å². The van der Waals surface area contributed by atoms with Crippen molar-refractivity contribution in [1.29, 1.82) is 0 Å². The Kier molecular flexibility index (Phi) is 2.41. The molecule has 0 spiro atoms. The number of rotatable bonds is 3. The maximum Gasteiger partial charge on any atom is 0.238 e. The molecular weight excluding hydrogens is 164 g/mol. The van der Waals surface area contributed by atoms with Crippen molar-refractivity contribution in [3.8, 4) is 0 Å². The van der Waals surface area contributed by atoms with Gasteiger partial charge in [-0.15, -0.1) is 0 Å². The largest absolute Gasteiger partial charge is 0.368 e. The van der Waals surface area contributed by atoms with Gasteiger partial charge in [0.1, 0.15) is 5.54 Å². The Hall–Kier alpha value is -0.570. The van der Waals surface area contributed by atoms with Crippen LogP contribution < -0.4 is 11.1 Å². The van der Waals surface area contributed by atoms with Crippen LogP contribution in [0.25, 0.3) is 0 Å². The third-order valence-corrected chi connectivity index (χ3v) is 3.24. The van der Waals surface area contributed by atoms with Crippen molar-refractivity contribution in [2.75, 3.05) is 0 Å². The molecule has 1 aliphatic rings. The molecule has 3 heteroatoms. The smallest absolute Gasteiger partial charge is 0.238 e. The first-order valence-electron chi connectivity index (χ1n) is 4.89. The lowest BCUT2D eigenvalue weighted by Crippen LogP contribution is -2.71. The number of amides is 1. The van der Waals surface area contributed by atoms with E-state index < -0.39 is 5.54 Å². The van der Waals surface area contributed by atoms with Gasteiger partial charge in [0.15, 0.2) is 0 Å². The average Bonchev–Trinajstić information content (AvgIpc) is 1.97. The Morgan fingerprint density at radius 2 is 1.92 bits per heavy atom. The number of hydrogen-bond acceptors (Lipinski definition) is 2. The predicted molar refractivity (Wildman–Crippen MR) is 53.2 cm³/mol. The van der Waals surface area contributed by atoms with E-state index in [1.807, 2.05) is 13.8 Å². The summed E-state index contributed by atoms with van der Waals surface area (Å²) in [5, 5.41) is 3.31. The Bertz CT molecular complexity index is 223. The molecule has 1 rings (SSSR count). The molecule has 0 bridgehead atoms. The molecule has 0 aromatic rings. The van der Waals surface area contributed by atoms with Gasteiger partial charge in [-0.05, 0) is 32.1 Å². The molecule has 0 heterocycles. The highest BCUT2D eigenvalue weighted by Crippen LogP contribution is 2.49. The second-order valence-corrected chi connectivity index (χ2v) is 4.95. The Morgan fingerprint density at radius 3 is 2.00 bits per heavy atom. The van der Waals surface area contributed by atoms with E-state index in [4.69, 9.17) is 5.73 Å². The molecule has 13 heavy (non-hydrogen) atoms. The summed E-state index contributed by atoms with van der Waals surface area (Å²) in [6.07, 6.45) is 1.93. The molecule has 0 aromatic heterocycles. The van der Waals surface area contributed by atoms with Crippen LogP contribution in [0.5, 0.6) is 0 Å². The second-order valence-electron chi connectivity index (χ2n) is 4.95. The molecule has 1 aliphatic carbocycles. The number of nitrogens with two attached hydrogens (primary N) is 1. The first kappa shape index (κ1) is 10.5. The lowest BCUT2D eigenvalue weighted by atomic mass is 9.56. The molecule has 0 aliphatic heterocycles. The van der Waals surface area contributed by atoms with Crippen LogP contribution in [0.1, 0.15) is 40.5 Å². The van der Waals surface area contributed by atoms with Gasteiger partial charge in [-0.25, -0.2) is 0 Å². The summed E-state index contributed by atoms with van der Waals surface area (Å²) in [6, 6.07) is 0.298. The van der Waals surface area contributed by atoms with Gasteiger partial charge in [0.25, 0.3) is 0 Å². The van der Waals surface area contributed by atoms with Gasteiger partial charge in [-0.3, -0.25) is 4.79 Å². The van der Waals surface area contributed by atoms with Crippen LogP contribution in [0, 0.1) is 5.41 Å². The fourth-order valence-corrected chi connectivity index (χ4v) is 2.16. The first-order valence-corrected chi connectivity index (χ1v) is 4.89. The van der Waals surface area contributed by atoms with Gasteiger partial charge in [0.2, 0.25) is 5.91 Å². The summed E-state index contributed by atoms with van der Waals surface area (Å²) in [4.78, 5) is 11.4. The summed E-state index contributed by atoms with van der Waals surface area (Å²) in [5.74, 6) is -0.211. The van der Waals surface area contributed by atoms with Crippen molar-refractivity contribution >= 4 is 5.91 Å². The molecule has 0 radical (unpaired) electrons. The van der Waals surface area contributed by atoms with E-state index in [9.17, 15) is 4.79 Å². The van der Waals surface area contributed by atoms with Gasteiger partial charge in [-0.2, -0.15) is 0 Å². The summed E-state index contributed by atoms with van der Waals surface area (Å²) in [5.41, 5.74) is 4.99. The van der Waals surface area contributed by atoms with E-state index in [-0.39, 0.29) is 11.3 Å². The highest BCUT2D eigenvalue weighted by atomic mass is 16.1. The fraction of sp³-hybridized carbons (Fsp3) is 0.900. The van der Waals surface area contributed by atoms with E-state index in [1.54, 1.807) is 0 Å². The Balaban J connectivity index is 2.84. The average molecular weight is 184 g/mol. The Labute approximate surface area is 80.1 Å². The lowest BCUT2D eigenvalue weighted by Gasteiger charge is -2.55. The van der Waals surface area contributed by atoms with Gasteiger partial charge in [-0.1, -0.05) is 13.8 Å². The molecule has 3 nitrogen and oxygen atoms in total. The van der Waals surface area contributed by atoms with Crippen LogP contribution in [0.4, 0.5) is 0 Å². The third-order valence-electron chi connectivity index (χ3n) is 3.24. The predicted octanol–water partition coefficient (Wildman–Crippen LogP) is 1.03. The Morgan fingerprint density at radius 1 is 1.38 bits per heavy atom. The number of carbonyl (C=O) groups excluding carboxylic acids is 1. The van der Waals surface area contributed by atoms with Crippen molar-refractivity contribution in [3.63, 3.8) is 0 Å². The van der Waals surface area contributed by atoms with E-state index >= 15 is 0 Å². The van der Waals surface area contributed by atoms with Crippen molar-refractivity contribution in [1.82, 2.24) is 5.32 Å². The summed E-state index contributed by atoms with van der Waals surface area (Å²) < 4.78 is 0. The minimum atomic E-state index is -0.471. The number of hydrogen-bond donors (Lipinski definition) is 2. The van der Waals surface area contributed by atoms with Crippen molar-refractivity contribution in [3.05, 3.63) is 0 Å². The molecule has 3 N–H and O–H groups in total. The van der Waals surface area contributed by atoms with Crippen molar-refractivity contribution < 1.29 is 4.79 Å². The van der Waals surface area contributed by atoms with Crippen LogP contribution in [0.15, 0.2) is 0 Å². The van der Waals surface area contributed by atoms with Crippen LogP contribution in [0.2, 0.25) is 0 Å². The van der Waals surface area contributed by atoms with E-state index in [0.29, 0.717) is 6.04 Å². The molecule has 1 atom stereocenters. The number of primary amides is 1.